The number of Topliss-reactive ketones (excluding diaryl/α,β-unsaturated/α-hetero) is 1. The van der Waals surface area contributed by atoms with Gasteiger partial charge in [0.2, 0.25) is 5.82 Å². The van der Waals surface area contributed by atoms with Crippen molar-refractivity contribution in [2.75, 3.05) is 13.7 Å². The smallest absolute Gasteiger partial charge is 0.383 e. The van der Waals surface area contributed by atoms with E-state index >= 15 is 0 Å². The minimum atomic E-state index is -4.65. The number of halogens is 3. The second-order valence-corrected chi connectivity index (χ2v) is 6.89. The number of benzene rings is 1. The molecule has 2 heterocycles. The molecule has 5 nitrogen and oxygen atoms in total. The van der Waals surface area contributed by atoms with Crippen molar-refractivity contribution in [3.05, 3.63) is 53.1 Å². The lowest BCUT2D eigenvalue weighted by molar-refractivity contribution is -0.146. The van der Waals surface area contributed by atoms with E-state index in [1.54, 1.807) is 32.2 Å². The third-order valence-electron chi connectivity index (χ3n) is 4.84. The van der Waals surface area contributed by atoms with Crippen molar-refractivity contribution in [2.24, 2.45) is 0 Å². The zero-order chi connectivity index (χ0) is 20.6. The van der Waals surface area contributed by atoms with Crippen molar-refractivity contribution in [3.63, 3.8) is 0 Å². The maximum Gasteiger partial charge on any atom is 0.449 e. The van der Waals surface area contributed by atoms with Crippen LogP contribution in [0.15, 0.2) is 30.3 Å². The van der Waals surface area contributed by atoms with Crippen LogP contribution in [-0.4, -0.2) is 33.6 Å². The number of carbonyl (C=O) groups is 1. The molecule has 0 aliphatic rings. The molecule has 3 aromatic rings. The SMILES string of the molecule is COCC(C)n1c(C)cc(C(=O)Cn2c(C(F)(F)F)nc3ccccc32)c1C. The number of imidazole rings is 1. The molecule has 0 saturated carbocycles. The van der Waals surface area contributed by atoms with Crippen LogP contribution in [0.1, 0.15) is 40.5 Å². The van der Waals surface area contributed by atoms with E-state index in [4.69, 9.17) is 4.74 Å². The Labute approximate surface area is 160 Å². The summed E-state index contributed by atoms with van der Waals surface area (Å²) >= 11 is 0. The lowest BCUT2D eigenvalue weighted by Crippen LogP contribution is -2.20. The quantitative estimate of drug-likeness (QED) is 0.577. The third-order valence-corrected chi connectivity index (χ3v) is 4.84. The van der Waals surface area contributed by atoms with Gasteiger partial charge in [0.25, 0.3) is 0 Å². The molecule has 0 aliphatic carbocycles. The highest BCUT2D eigenvalue weighted by molar-refractivity contribution is 5.98. The van der Waals surface area contributed by atoms with Crippen LogP contribution >= 0.6 is 0 Å². The van der Waals surface area contributed by atoms with Crippen LogP contribution in [0, 0.1) is 13.8 Å². The van der Waals surface area contributed by atoms with Crippen molar-refractivity contribution in [3.8, 4) is 0 Å². The summed E-state index contributed by atoms with van der Waals surface area (Å²) in [6.07, 6.45) is -4.65. The number of methoxy groups -OCH3 is 1. The van der Waals surface area contributed by atoms with E-state index in [0.29, 0.717) is 17.9 Å². The van der Waals surface area contributed by atoms with Crippen LogP contribution < -0.4 is 0 Å². The summed E-state index contributed by atoms with van der Waals surface area (Å²) in [5.74, 6) is -1.46. The molecule has 3 rings (SSSR count). The molecule has 0 fully saturated rings. The van der Waals surface area contributed by atoms with Gasteiger partial charge in [-0.05, 0) is 39.0 Å². The zero-order valence-electron chi connectivity index (χ0n) is 16.2. The summed E-state index contributed by atoms with van der Waals surface area (Å²) in [5, 5.41) is 0. The predicted octanol–water partition coefficient (Wildman–Crippen LogP) is 4.56. The Morgan fingerprint density at radius 2 is 1.93 bits per heavy atom. The van der Waals surface area contributed by atoms with Gasteiger partial charge < -0.3 is 13.9 Å². The number of nitrogens with zero attached hydrogens (tertiary/aromatic N) is 3. The maximum absolute atomic E-state index is 13.5. The molecular weight excluding hydrogens is 371 g/mol. The molecule has 0 aliphatic heterocycles. The molecule has 1 atom stereocenters. The lowest BCUT2D eigenvalue weighted by atomic mass is 10.1. The van der Waals surface area contributed by atoms with Crippen molar-refractivity contribution in [1.29, 1.82) is 0 Å². The van der Waals surface area contributed by atoms with Crippen molar-refractivity contribution in [2.45, 2.75) is 39.5 Å². The van der Waals surface area contributed by atoms with Crippen LogP contribution in [-0.2, 0) is 17.5 Å². The fourth-order valence-electron chi connectivity index (χ4n) is 3.73. The fourth-order valence-corrected chi connectivity index (χ4v) is 3.73. The van der Waals surface area contributed by atoms with Crippen molar-refractivity contribution >= 4 is 16.8 Å². The second kappa shape index (κ2) is 7.43. The number of fused-ring (bicyclic) bond motifs is 1. The first-order chi connectivity index (χ1) is 13.1. The van der Waals surface area contributed by atoms with E-state index in [9.17, 15) is 18.0 Å². The van der Waals surface area contributed by atoms with E-state index in [-0.39, 0.29) is 17.1 Å². The number of hydrogen-bond acceptors (Lipinski definition) is 3. The third kappa shape index (κ3) is 3.56. The summed E-state index contributed by atoms with van der Waals surface area (Å²) in [4.78, 5) is 16.6. The van der Waals surface area contributed by atoms with Crippen LogP contribution in [0.5, 0.6) is 0 Å². The number of ether oxygens (including phenoxy) is 1. The van der Waals surface area contributed by atoms with Crippen LogP contribution in [0.4, 0.5) is 13.2 Å². The average Bonchev–Trinajstić information content (AvgIpc) is 3.13. The summed E-state index contributed by atoms with van der Waals surface area (Å²) in [7, 11) is 1.60. The molecule has 0 spiro atoms. The molecule has 0 saturated heterocycles. The zero-order valence-corrected chi connectivity index (χ0v) is 16.2. The van der Waals surface area contributed by atoms with Gasteiger partial charge in [-0.15, -0.1) is 0 Å². The predicted molar refractivity (Wildman–Crippen MR) is 99.6 cm³/mol. The van der Waals surface area contributed by atoms with Gasteiger partial charge in [-0.2, -0.15) is 13.2 Å². The molecule has 1 aromatic carbocycles. The molecule has 28 heavy (non-hydrogen) atoms. The normalized spacial score (nSPS) is 13.2. The highest BCUT2D eigenvalue weighted by atomic mass is 19.4. The molecule has 0 radical (unpaired) electrons. The first-order valence-corrected chi connectivity index (χ1v) is 8.88. The van der Waals surface area contributed by atoms with Crippen molar-refractivity contribution < 1.29 is 22.7 Å². The molecule has 150 valence electrons. The van der Waals surface area contributed by atoms with E-state index in [0.717, 1.165) is 10.3 Å². The van der Waals surface area contributed by atoms with Gasteiger partial charge in [-0.1, -0.05) is 12.1 Å². The highest BCUT2D eigenvalue weighted by Crippen LogP contribution is 2.32. The van der Waals surface area contributed by atoms with Gasteiger partial charge in [0.15, 0.2) is 5.78 Å². The van der Waals surface area contributed by atoms with Crippen LogP contribution in [0.25, 0.3) is 11.0 Å². The largest absolute Gasteiger partial charge is 0.449 e. The van der Waals surface area contributed by atoms with E-state index in [1.807, 2.05) is 18.4 Å². The topological polar surface area (TPSA) is 49.0 Å². The molecular formula is C20H22F3N3O2. The number of aromatic nitrogens is 3. The Kier molecular flexibility index (Phi) is 5.34. The van der Waals surface area contributed by atoms with E-state index in [1.165, 1.54) is 12.1 Å². The molecule has 0 bridgehead atoms. The van der Waals surface area contributed by atoms with Gasteiger partial charge in [-0.25, -0.2) is 4.98 Å². The number of carbonyl (C=O) groups excluding carboxylic acids is 1. The van der Waals surface area contributed by atoms with Crippen molar-refractivity contribution in [1.82, 2.24) is 14.1 Å². The van der Waals surface area contributed by atoms with E-state index in [2.05, 4.69) is 4.98 Å². The summed E-state index contributed by atoms with van der Waals surface area (Å²) in [6.45, 7) is 5.66. The number of alkyl halides is 3. The minimum Gasteiger partial charge on any atom is -0.383 e. The summed E-state index contributed by atoms with van der Waals surface area (Å²) in [6, 6.07) is 8.01. The number of para-hydroxylation sites is 2. The van der Waals surface area contributed by atoms with Gasteiger partial charge >= 0.3 is 6.18 Å². The number of hydrogen-bond donors (Lipinski definition) is 0. The average molecular weight is 393 g/mol. The molecule has 8 heteroatoms. The Hall–Kier alpha value is -2.61. The van der Waals surface area contributed by atoms with Gasteiger partial charge in [0.1, 0.15) is 0 Å². The van der Waals surface area contributed by atoms with Crippen LogP contribution in [0.3, 0.4) is 0 Å². The summed E-state index contributed by atoms with van der Waals surface area (Å²) < 4.78 is 48.5. The number of ketones is 1. The monoisotopic (exact) mass is 393 g/mol. The van der Waals surface area contributed by atoms with Gasteiger partial charge in [0.05, 0.1) is 30.2 Å². The Balaban J connectivity index is 2.02. The maximum atomic E-state index is 13.5. The fraction of sp³-hybridized carbons (Fsp3) is 0.400. The first kappa shape index (κ1) is 20.1. The number of aryl methyl sites for hydroxylation is 1. The van der Waals surface area contributed by atoms with Gasteiger partial charge in [-0.3, -0.25) is 4.79 Å². The van der Waals surface area contributed by atoms with Gasteiger partial charge in [0, 0.05) is 24.1 Å². The standard InChI is InChI=1S/C20H22F3N3O2/c1-12-9-15(14(3)26(12)13(2)11-28-4)18(27)10-25-17-8-6-5-7-16(17)24-19(25)20(21,22)23/h5-9,13H,10-11H2,1-4H3. The Morgan fingerprint density at radius 1 is 1.25 bits per heavy atom. The number of rotatable bonds is 6. The molecule has 1 unspecified atom stereocenters. The molecule has 0 N–H and O–H groups in total. The minimum absolute atomic E-state index is 0.00589. The van der Waals surface area contributed by atoms with Crippen LogP contribution in [0.2, 0.25) is 0 Å². The van der Waals surface area contributed by atoms with E-state index < -0.39 is 24.3 Å². The first-order valence-electron chi connectivity index (χ1n) is 8.88. The Bertz CT molecular complexity index is 1020. The Morgan fingerprint density at radius 3 is 2.57 bits per heavy atom. The second-order valence-electron chi connectivity index (χ2n) is 6.89. The summed E-state index contributed by atoms with van der Waals surface area (Å²) in [5.41, 5.74) is 2.47. The lowest BCUT2D eigenvalue weighted by Gasteiger charge is -2.17. The molecule has 2 aromatic heterocycles. The highest BCUT2D eigenvalue weighted by Gasteiger charge is 2.38. The molecule has 0 amide bonds.